The third-order valence-electron chi connectivity index (χ3n) is 3.75. The summed E-state index contributed by atoms with van der Waals surface area (Å²) in [6.45, 7) is 8.65. The lowest BCUT2D eigenvalue weighted by Crippen LogP contribution is -2.43. The van der Waals surface area contributed by atoms with Gasteiger partial charge in [-0.2, -0.15) is 0 Å². The molecule has 0 spiro atoms. The zero-order valence-electron chi connectivity index (χ0n) is 13.1. The van der Waals surface area contributed by atoms with E-state index < -0.39 is 0 Å². The number of rotatable bonds is 3. The number of anilines is 1. The first-order valence-corrected chi connectivity index (χ1v) is 8.35. The summed E-state index contributed by atoms with van der Waals surface area (Å²) in [5, 5.41) is 3.42. The van der Waals surface area contributed by atoms with E-state index in [0.29, 0.717) is 0 Å². The molecule has 0 saturated carbocycles. The monoisotopic (exact) mass is 334 g/mol. The van der Waals surface area contributed by atoms with Crippen LogP contribution in [0.1, 0.15) is 11.1 Å². The summed E-state index contributed by atoms with van der Waals surface area (Å²) in [6.07, 6.45) is 0. The fraction of sp³-hybridized carbons (Fsp3) is 0.333. The molecule has 22 heavy (non-hydrogen) atoms. The molecule has 0 atom stereocenters. The summed E-state index contributed by atoms with van der Waals surface area (Å²) >= 11 is 1.87. The summed E-state index contributed by atoms with van der Waals surface area (Å²) < 4.78 is 0. The van der Waals surface area contributed by atoms with Crippen LogP contribution in [0.3, 0.4) is 0 Å². The van der Waals surface area contributed by atoms with E-state index >= 15 is 0 Å². The van der Waals surface area contributed by atoms with Crippen molar-refractivity contribution in [3.8, 4) is 0 Å². The van der Waals surface area contributed by atoms with Crippen molar-refractivity contribution in [2.24, 2.45) is 0 Å². The molecule has 2 aromatic carbocycles. The quantitative estimate of drug-likeness (QED) is 0.901. The maximum Gasteiger partial charge on any atom is 0.0508 e. The summed E-state index contributed by atoms with van der Waals surface area (Å²) in [7, 11) is 0. The van der Waals surface area contributed by atoms with Crippen molar-refractivity contribution in [1.29, 1.82) is 0 Å². The molecule has 0 aliphatic carbocycles. The van der Waals surface area contributed by atoms with Crippen LogP contribution in [0.2, 0.25) is 0 Å². The lowest BCUT2D eigenvalue weighted by Gasteiger charge is -2.31. The van der Waals surface area contributed by atoms with Gasteiger partial charge in [0.05, 0.1) is 5.69 Å². The lowest BCUT2D eigenvalue weighted by atomic mass is 10.2. The third kappa shape index (κ3) is 4.19. The molecule has 1 fully saturated rings. The molecule has 1 N–H and O–H groups in total. The van der Waals surface area contributed by atoms with Crippen molar-refractivity contribution in [2.75, 3.05) is 31.1 Å². The molecule has 2 aromatic rings. The van der Waals surface area contributed by atoms with Crippen molar-refractivity contribution >= 4 is 29.9 Å². The van der Waals surface area contributed by atoms with Gasteiger partial charge in [-0.05, 0) is 49.2 Å². The smallest absolute Gasteiger partial charge is 0.0508 e. The Morgan fingerprint density at radius 3 is 2.27 bits per heavy atom. The number of hydrogen-bond donors (Lipinski definition) is 1. The van der Waals surface area contributed by atoms with Crippen molar-refractivity contribution in [1.82, 2.24) is 5.32 Å². The maximum atomic E-state index is 3.42. The molecule has 3 rings (SSSR count). The molecule has 0 unspecified atom stereocenters. The average Bonchev–Trinajstić information content (AvgIpc) is 2.48. The fourth-order valence-electron chi connectivity index (χ4n) is 2.83. The van der Waals surface area contributed by atoms with Crippen LogP contribution in [0, 0.1) is 13.8 Å². The van der Waals surface area contributed by atoms with E-state index in [2.05, 4.69) is 66.5 Å². The fourth-order valence-corrected chi connectivity index (χ4v) is 4.02. The highest BCUT2D eigenvalue weighted by atomic mass is 35.5. The Hall–Kier alpha value is -1.16. The van der Waals surface area contributed by atoms with Crippen molar-refractivity contribution < 1.29 is 0 Å². The Balaban J connectivity index is 0.00000176. The molecule has 1 aliphatic rings. The topological polar surface area (TPSA) is 15.3 Å². The van der Waals surface area contributed by atoms with Gasteiger partial charge < -0.3 is 10.2 Å². The predicted molar refractivity (Wildman–Crippen MR) is 98.8 cm³/mol. The van der Waals surface area contributed by atoms with Gasteiger partial charge in [-0.25, -0.2) is 0 Å². The van der Waals surface area contributed by atoms with E-state index in [1.807, 2.05) is 11.8 Å². The summed E-state index contributed by atoms with van der Waals surface area (Å²) in [5.41, 5.74) is 4.03. The van der Waals surface area contributed by atoms with Gasteiger partial charge in [-0.1, -0.05) is 30.0 Å². The van der Waals surface area contributed by atoms with Gasteiger partial charge in [-0.15, -0.1) is 12.4 Å². The normalized spacial score (nSPS) is 14.5. The van der Waals surface area contributed by atoms with Crippen LogP contribution in [0.5, 0.6) is 0 Å². The van der Waals surface area contributed by atoms with Gasteiger partial charge >= 0.3 is 0 Å². The molecule has 1 saturated heterocycles. The first-order valence-electron chi connectivity index (χ1n) is 7.53. The number of halogens is 1. The van der Waals surface area contributed by atoms with E-state index in [1.165, 1.54) is 26.6 Å². The van der Waals surface area contributed by atoms with E-state index in [0.717, 1.165) is 26.2 Å². The van der Waals surface area contributed by atoms with Gasteiger partial charge in [-0.3, -0.25) is 0 Å². The summed E-state index contributed by atoms with van der Waals surface area (Å²) in [5.74, 6) is 0. The number of para-hydroxylation sites is 1. The summed E-state index contributed by atoms with van der Waals surface area (Å²) in [4.78, 5) is 5.17. The van der Waals surface area contributed by atoms with Gasteiger partial charge in [0, 0.05) is 36.0 Å². The van der Waals surface area contributed by atoms with Gasteiger partial charge in [0.25, 0.3) is 0 Å². The first-order chi connectivity index (χ1) is 10.2. The van der Waals surface area contributed by atoms with Crippen LogP contribution in [0.15, 0.2) is 52.3 Å². The van der Waals surface area contributed by atoms with E-state index in [4.69, 9.17) is 0 Å². The molecule has 0 bridgehead atoms. The molecule has 1 heterocycles. The van der Waals surface area contributed by atoms with Gasteiger partial charge in [0.2, 0.25) is 0 Å². The Kier molecular flexibility index (Phi) is 6.18. The number of benzene rings is 2. The molecular formula is C18H23ClN2S. The summed E-state index contributed by atoms with van der Waals surface area (Å²) in [6, 6.07) is 15.5. The standard InChI is InChI=1S/C18H22N2S.ClH/c1-14-11-15(2)13-16(12-14)21-18-6-4-3-5-17(18)20-9-7-19-8-10-20;/h3-6,11-13,19H,7-10H2,1-2H3;1H. The van der Waals surface area contributed by atoms with Crippen LogP contribution >= 0.6 is 24.2 Å². The molecule has 2 nitrogen and oxygen atoms in total. The molecular weight excluding hydrogens is 312 g/mol. The molecule has 0 radical (unpaired) electrons. The van der Waals surface area contributed by atoms with Crippen LogP contribution in [0.25, 0.3) is 0 Å². The average molecular weight is 335 g/mol. The minimum absolute atomic E-state index is 0. The first kappa shape index (κ1) is 17.2. The maximum absolute atomic E-state index is 3.42. The highest BCUT2D eigenvalue weighted by molar-refractivity contribution is 7.99. The van der Waals surface area contributed by atoms with E-state index in [9.17, 15) is 0 Å². The second-order valence-electron chi connectivity index (χ2n) is 5.63. The van der Waals surface area contributed by atoms with Crippen LogP contribution in [-0.2, 0) is 0 Å². The molecule has 0 aromatic heterocycles. The van der Waals surface area contributed by atoms with Crippen molar-refractivity contribution in [3.63, 3.8) is 0 Å². The zero-order valence-corrected chi connectivity index (χ0v) is 14.8. The molecule has 4 heteroatoms. The van der Waals surface area contributed by atoms with Crippen molar-refractivity contribution in [3.05, 3.63) is 53.6 Å². The zero-order chi connectivity index (χ0) is 14.7. The Labute approximate surface area is 143 Å². The number of nitrogens with one attached hydrogen (secondary N) is 1. The van der Waals surface area contributed by atoms with Crippen LogP contribution in [0.4, 0.5) is 5.69 Å². The van der Waals surface area contributed by atoms with Gasteiger partial charge in [0.1, 0.15) is 0 Å². The number of piperazine rings is 1. The molecule has 118 valence electrons. The number of aryl methyl sites for hydroxylation is 2. The highest BCUT2D eigenvalue weighted by Gasteiger charge is 2.14. The number of hydrogen-bond acceptors (Lipinski definition) is 3. The molecule has 0 amide bonds. The Morgan fingerprint density at radius 2 is 1.59 bits per heavy atom. The second-order valence-corrected chi connectivity index (χ2v) is 6.75. The minimum atomic E-state index is 0. The highest BCUT2D eigenvalue weighted by Crippen LogP contribution is 2.36. The molecule has 1 aliphatic heterocycles. The largest absolute Gasteiger partial charge is 0.368 e. The second kappa shape index (κ2) is 7.91. The Morgan fingerprint density at radius 1 is 0.955 bits per heavy atom. The lowest BCUT2D eigenvalue weighted by molar-refractivity contribution is 0.587. The van der Waals surface area contributed by atoms with E-state index in [1.54, 1.807) is 0 Å². The van der Waals surface area contributed by atoms with Crippen LogP contribution < -0.4 is 10.2 Å². The minimum Gasteiger partial charge on any atom is -0.368 e. The van der Waals surface area contributed by atoms with Crippen LogP contribution in [-0.4, -0.2) is 26.2 Å². The van der Waals surface area contributed by atoms with Crippen molar-refractivity contribution in [2.45, 2.75) is 23.6 Å². The van der Waals surface area contributed by atoms with E-state index in [-0.39, 0.29) is 12.4 Å². The number of nitrogens with zero attached hydrogens (tertiary/aromatic N) is 1. The van der Waals surface area contributed by atoms with Gasteiger partial charge in [0.15, 0.2) is 0 Å². The SMILES string of the molecule is Cc1cc(C)cc(Sc2ccccc2N2CCNCC2)c1.Cl. The Bertz CT molecular complexity index is 604. The third-order valence-corrected chi connectivity index (χ3v) is 4.78. The predicted octanol–water partition coefficient (Wildman–Crippen LogP) is 4.29.